The summed E-state index contributed by atoms with van der Waals surface area (Å²) >= 11 is 6.06. The lowest BCUT2D eigenvalue weighted by molar-refractivity contribution is 0.275. The van der Waals surface area contributed by atoms with Crippen LogP contribution in [0.2, 0.25) is 5.02 Å². The summed E-state index contributed by atoms with van der Waals surface area (Å²) in [6, 6.07) is 17.3. The second-order valence-electron chi connectivity index (χ2n) is 4.82. The topological polar surface area (TPSA) is 47.3 Å². The molecule has 2 aromatic rings. The number of nitriles is 1. The van der Waals surface area contributed by atoms with Crippen molar-refractivity contribution in [2.24, 2.45) is 0 Å². The van der Waals surface area contributed by atoms with Gasteiger partial charge in [0.1, 0.15) is 6.07 Å². The Morgan fingerprint density at radius 3 is 2.57 bits per heavy atom. The Morgan fingerprint density at radius 1 is 1.24 bits per heavy atom. The number of aliphatic hydroxyl groups excluding tert-OH is 1. The van der Waals surface area contributed by atoms with Crippen molar-refractivity contribution in [2.75, 3.05) is 18.6 Å². The zero-order valence-electron chi connectivity index (χ0n) is 11.8. The van der Waals surface area contributed by atoms with Gasteiger partial charge in [-0.1, -0.05) is 41.9 Å². The number of hydrogen-bond donors (Lipinski definition) is 1. The highest BCUT2D eigenvalue weighted by Crippen LogP contribution is 2.32. The second kappa shape index (κ2) is 7.12. The van der Waals surface area contributed by atoms with Gasteiger partial charge in [0.15, 0.2) is 0 Å². The lowest BCUT2D eigenvalue weighted by Gasteiger charge is -2.31. The Labute approximate surface area is 130 Å². The van der Waals surface area contributed by atoms with Crippen molar-refractivity contribution in [3.63, 3.8) is 0 Å². The minimum atomic E-state index is -0.0123. The Bertz CT molecular complexity index is 637. The van der Waals surface area contributed by atoms with Crippen LogP contribution in [-0.4, -0.2) is 18.8 Å². The van der Waals surface area contributed by atoms with E-state index in [1.54, 1.807) is 18.2 Å². The Morgan fingerprint density at radius 2 is 1.95 bits per heavy atom. The first-order chi connectivity index (χ1) is 10.2. The van der Waals surface area contributed by atoms with Crippen LogP contribution in [0.1, 0.15) is 23.6 Å². The minimum Gasteiger partial charge on any atom is -0.396 e. The van der Waals surface area contributed by atoms with Crippen LogP contribution in [0.25, 0.3) is 0 Å². The average molecular weight is 301 g/mol. The highest BCUT2D eigenvalue weighted by Gasteiger charge is 2.19. The summed E-state index contributed by atoms with van der Waals surface area (Å²) in [4.78, 5) is 2.00. The predicted molar refractivity (Wildman–Crippen MR) is 85.5 cm³/mol. The van der Waals surface area contributed by atoms with Crippen LogP contribution in [0.3, 0.4) is 0 Å². The fraction of sp³-hybridized carbons (Fsp3) is 0.235. The molecule has 0 aliphatic carbocycles. The van der Waals surface area contributed by atoms with Crippen LogP contribution >= 0.6 is 11.6 Å². The van der Waals surface area contributed by atoms with E-state index in [9.17, 15) is 10.4 Å². The monoisotopic (exact) mass is 300 g/mol. The Hall–Kier alpha value is -2.02. The van der Waals surface area contributed by atoms with E-state index in [2.05, 4.69) is 6.07 Å². The van der Waals surface area contributed by atoms with Crippen molar-refractivity contribution in [1.82, 2.24) is 0 Å². The van der Waals surface area contributed by atoms with E-state index in [1.807, 2.05) is 42.3 Å². The van der Waals surface area contributed by atoms with Crippen LogP contribution in [0.15, 0.2) is 48.5 Å². The third kappa shape index (κ3) is 3.55. The van der Waals surface area contributed by atoms with Crippen LogP contribution in [0.4, 0.5) is 5.69 Å². The van der Waals surface area contributed by atoms with Gasteiger partial charge in [0.2, 0.25) is 0 Å². The third-order valence-electron chi connectivity index (χ3n) is 3.51. The molecular weight excluding hydrogens is 284 g/mol. The van der Waals surface area contributed by atoms with Gasteiger partial charge in [-0.25, -0.2) is 0 Å². The summed E-state index contributed by atoms with van der Waals surface area (Å²) < 4.78 is 0. The van der Waals surface area contributed by atoms with E-state index >= 15 is 0 Å². The Kier molecular flexibility index (Phi) is 5.21. The van der Waals surface area contributed by atoms with Crippen LogP contribution in [0.5, 0.6) is 0 Å². The molecule has 3 nitrogen and oxygen atoms in total. The molecular formula is C17H17ClN2O. The molecule has 0 bridgehead atoms. The molecule has 0 heterocycles. The SMILES string of the molecule is CN(c1cc(Cl)ccc1C#N)C(CCO)c1ccccc1. The fourth-order valence-corrected chi connectivity index (χ4v) is 2.61. The van der Waals surface area contributed by atoms with Gasteiger partial charge in [0, 0.05) is 18.7 Å². The van der Waals surface area contributed by atoms with Crippen molar-refractivity contribution >= 4 is 17.3 Å². The maximum Gasteiger partial charge on any atom is 0.101 e. The van der Waals surface area contributed by atoms with E-state index in [-0.39, 0.29) is 12.6 Å². The first-order valence-electron chi connectivity index (χ1n) is 6.75. The fourth-order valence-electron chi connectivity index (χ4n) is 2.44. The van der Waals surface area contributed by atoms with Crippen LogP contribution in [-0.2, 0) is 0 Å². The summed E-state index contributed by atoms with van der Waals surface area (Å²) in [5.74, 6) is 0. The summed E-state index contributed by atoms with van der Waals surface area (Å²) in [5.41, 5.74) is 2.44. The van der Waals surface area contributed by atoms with E-state index in [1.165, 1.54) is 0 Å². The molecule has 21 heavy (non-hydrogen) atoms. The molecule has 108 valence electrons. The molecule has 0 aromatic heterocycles. The van der Waals surface area contributed by atoms with Gasteiger partial charge < -0.3 is 10.0 Å². The number of aliphatic hydroxyl groups is 1. The zero-order chi connectivity index (χ0) is 15.2. The molecule has 1 N–H and O–H groups in total. The van der Waals surface area contributed by atoms with Crippen LogP contribution in [0, 0.1) is 11.3 Å². The first kappa shape index (κ1) is 15.4. The van der Waals surface area contributed by atoms with Gasteiger partial charge in [-0.2, -0.15) is 5.26 Å². The smallest absolute Gasteiger partial charge is 0.101 e. The van der Waals surface area contributed by atoms with Gasteiger partial charge >= 0.3 is 0 Å². The quantitative estimate of drug-likeness (QED) is 0.914. The molecule has 0 aliphatic rings. The summed E-state index contributed by atoms with van der Waals surface area (Å²) in [6.45, 7) is 0.0757. The van der Waals surface area contributed by atoms with E-state index < -0.39 is 0 Å². The molecule has 0 saturated carbocycles. The molecule has 2 aromatic carbocycles. The number of hydrogen-bond acceptors (Lipinski definition) is 3. The molecule has 1 atom stereocenters. The second-order valence-corrected chi connectivity index (χ2v) is 5.26. The van der Waals surface area contributed by atoms with Crippen LogP contribution < -0.4 is 4.90 Å². The molecule has 0 aliphatic heterocycles. The standard InChI is InChI=1S/C17H17ClN2O/c1-20(17-11-15(18)8-7-14(17)12-19)16(9-10-21)13-5-3-2-4-6-13/h2-8,11,16,21H,9-10H2,1H3. The molecule has 0 amide bonds. The number of rotatable bonds is 5. The summed E-state index contributed by atoms with van der Waals surface area (Å²) in [6.07, 6.45) is 0.581. The van der Waals surface area contributed by atoms with E-state index in [0.29, 0.717) is 17.0 Å². The van der Waals surface area contributed by atoms with Crippen molar-refractivity contribution in [3.05, 3.63) is 64.7 Å². The average Bonchev–Trinajstić information content (AvgIpc) is 2.52. The molecule has 0 fully saturated rings. The number of benzene rings is 2. The lowest BCUT2D eigenvalue weighted by atomic mass is 10.0. The highest BCUT2D eigenvalue weighted by atomic mass is 35.5. The van der Waals surface area contributed by atoms with Crippen molar-refractivity contribution < 1.29 is 5.11 Å². The molecule has 0 saturated heterocycles. The summed E-state index contributed by atoms with van der Waals surface area (Å²) in [5, 5.41) is 19.2. The van der Waals surface area contributed by atoms with Crippen molar-refractivity contribution in [3.8, 4) is 6.07 Å². The van der Waals surface area contributed by atoms with E-state index in [4.69, 9.17) is 11.6 Å². The van der Waals surface area contributed by atoms with Gasteiger partial charge in [0.05, 0.1) is 17.3 Å². The first-order valence-corrected chi connectivity index (χ1v) is 7.13. The molecule has 2 rings (SSSR count). The lowest BCUT2D eigenvalue weighted by Crippen LogP contribution is -2.25. The zero-order valence-corrected chi connectivity index (χ0v) is 12.6. The molecule has 0 radical (unpaired) electrons. The normalized spacial score (nSPS) is 11.7. The number of anilines is 1. The molecule has 4 heteroatoms. The maximum absolute atomic E-state index is 9.36. The van der Waals surface area contributed by atoms with Crippen molar-refractivity contribution in [2.45, 2.75) is 12.5 Å². The third-order valence-corrected chi connectivity index (χ3v) is 3.75. The van der Waals surface area contributed by atoms with Gasteiger partial charge in [-0.3, -0.25) is 0 Å². The van der Waals surface area contributed by atoms with Gasteiger partial charge in [0.25, 0.3) is 0 Å². The van der Waals surface area contributed by atoms with Crippen molar-refractivity contribution in [1.29, 1.82) is 5.26 Å². The predicted octanol–water partition coefficient (Wildman–Crippen LogP) is 3.77. The largest absolute Gasteiger partial charge is 0.396 e. The number of nitrogens with zero attached hydrogens (tertiary/aromatic N) is 2. The Balaban J connectivity index is 2.42. The molecule has 0 spiro atoms. The molecule has 1 unspecified atom stereocenters. The highest BCUT2D eigenvalue weighted by molar-refractivity contribution is 6.30. The minimum absolute atomic E-state index is 0.0123. The van der Waals surface area contributed by atoms with Gasteiger partial charge in [-0.15, -0.1) is 0 Å². The number of halogens is 1. The van der Waals surface area contributed by atoms with E-state index in [0.717, 1.165) is 11.3 Å². The summed E-state index contributed by atoms with van der Waals surface area (Å²) in [7, 11) is 1.92. The maximum atomic E-state index is 9.36. The van der Waals surface area contributed by atoms with Gasteiger partial charge in [-0.05, 0) is 30.2 Å².